The number of carbonyl (C=O) groups is 1. The molecule has 0 saturated carbocycles. The molecular formula is C9H8BrClINO. The lowest BCUT2D eigenvalue weighted by Gasteiger charge is -2.05. The van der Waals surface area contributed by atoms with Crippen molar-refractivity contribution in [2.24, 2.45) is 0 Å². The highest BCUT2D eigenvalue weighted by Crippen LogP contribution is 2.21. The van der Waals surface area contributed by atoms with Crippen molar-refractivity contribution in [2.45, 2.75) is 0 Å². The van der Waals surface area contributed by atoms with Crippen molar-refractivity contribution < 1.29 is 4.79 Å². The highest BCUT2D eigenvalue weighted by atomic mass is 127. The third kappa shape index (κ3) is 3.40. The molecule has 0 unspecified atom stereocenters. The fourth-order valence-electron chi connectivity index (χ4n) is 0.930. The Balaban J connectivity index is 2.80. The number of benzene rings is 1. The van der Waals surface area contributed by atoms with Crippen LogP contribution in [0.25, 0.3) is 0 Å². The van der Waals surface area contributed by atoms with E-state index in [1.807, 2.05) is 0 Å². The Bertz CT molecular complexity index is 346. The fourth-order valence-corrected chi connectivity index (χ4v) is 2.06. The van der Waals surface area contributed by atoms with Crippen LogP contribution in [0.2, 0.25) is 5.02 Å². The van der Waals surface area contributed by atoms with Crippen molar-refractivity contribution in [3.63, 3.8) is 0 Å². The second-order valence-corrected chi connectivity index (χ2v) is 4.94. The van der Waals surface area contributed by atoms with Gasteiger partial charge in [-0.2, -0.15) is 0 Å². The summed E-state index contributed by atoms with van der Waals surface area (Å²) in [6, 6.07) is 5.11. The molecule has 0 saturated heterocycles. The van der Waals surface area contributed by atoms with E-state index in [0.29, 0.717) is 17.1 Å². The van der Waals surface area contributed by atoms with Gasteiger partial charge in [-0.25, -0.2) is 0 Å². The van der Waals surface area contributed by atoms with Gasteiger partial charge in [0.2, 0.25) is 0 Å². The molecule has 1 N–H and O–H groups in total. The molecule has 0 aliphatic rings. The van der Waals surface area contributed by atoms with Gasteiger partial charge in [-0.1, -0.05) is 34.2 Å². The van der Waals surface area contributed by atoms with Crippen LogP contribution in [0.1, 0.15) is 10.4 Å². The average Bonchev–Trinajstić information content (AvgIpc) is 2.14. The van der Waals surface area contributed by atoms with Crippen LogP contribution in [0.3, 0.4) is 0 Å². The number of rotatable bonds is 3. The molecule has 0 fully saturated rings. The van der Waals surface area contributed by atoms with Crippen molar-refractivity contribution >= 4 is 56.0 Å². The first-order chi connectivity index (χ1) is 6.65. The molecule has 1 aromatic carbocycles. The zero-order chi connectivity index (χ0) is 10.6. The summed E-state index contributed by atoms with van der Waals surface area (Å²) >= 11 is 11.3. The normalized spacial score (nSPS) is 9.93. The summed E-state index contributed by atoms with van der Waals surface area (Å²) < 4.78 is 1.62. The topological polar surface area (TPSA) is 29.1 Å². The molecule has 0 aromatic heterocycles. The van der Waals surface area contributed by atoms with E-state index in [1.165, 1.54) is 0 Å². The van der Waals surface area contributed by atoms with E-state index >= 15 is 0 Å². The molecule has 0 aliphatic carbocycles. The monoisotopic (exact) mass is 387 g/mol. The summed E-state index contributed by atoms with van der Waals surface area (Å²) in [6.45, 7) is 0.675. The average molecular weight is 388 g/mol. The number of nitrogens with one attached hydrogen (secondary N) is 1. The third-order valence-electron chi connectivity index (χ3n) is 1.56. The number of halogens is 3. The van der Waals surface area contributed by atoms with E-state index in [2.05, 4.69) is 43.8 Å². The second kappa shape index (κ2) is 5.92. The van der Waals surface area contributed by atoms with Gasteiger partial charge in [0, 0.05) is 20.5 Å². The number of alkyl halides is 1. The lowest BCUT2D eigenvalue weighted by Crippen LogP contribution is -2.25. The molecule has 0 radical (unpaired) electrons. The standard InChI is InChI=1S/C9H8BrClINO/c10-8-5-6(11)1-2-7(8)9(14)13-4-3-12/h1-2,5H,3-4H2,(H,13,14). The number of hydrogen-bond donors (Lipinski definition) is 1. The lowest BCUT2D eigenvalue weighted by molar-refractivity contribution is 0.0955. The van der Waals surface area contributed by atoms with Crippen LogP contribution in [-0.2, 0) is 0 Å². The third-order valence-corrected chi connectivity index (χ3v) is 2.99. The van der Waals surface area contributed by atoms with E-state index in [-0.39, 0.29) is 5.91 Å². The molecule has 5 heteroatoms. The number of amides is 1. The smallest absolute Gasteiger partial charge is 0.252 e. The molecule has 1 aromatic rings. The summed E-state index contributed by atoms with van der Waals surface area (Å²) in [5, 5.41) is 3.40. The molecule has 0 atom stereocenters. The van der Waals surface area contributed by atoms with Crippen molar-refractivity contribution in [3.8, 4) is 0 Å². The molecule has 1 rings (SSSR count). The Morgan fingerprint density at radius 3 is 2.86 bits per heavy atom. The Labute approximate surface area is 110 Å². The van der Waals surface area contributed by atoms with Gasteiger partial charge in [-0.3, -0.25) is 4.79 Å². The SMILES string of the molecule is O=C(NCCI)c1ccc(Cl)cc1Br. The second-order valence-electron chi connectivity index (χ2n) is 2.57. The fraction of sp³-hybridized carbons (Fsp3) is 0.222. The van der Waals surface area contributed by atoms with Gasteiger partial charge in [-0.05, 0) is 34.1 Å². The minimum Gasteiger partial charge on any atom is -0.351 e. The largest absolute Gasteiger partial charge is 0.351 e. The van der Waals surface area contributed by atoms with Crippen molar-refractivity contribution in [1.82, 2.24) is 5.32 Å². The summed E-state index contributed by atoms with van der Waals surface area (Å²) in [4.78, 5) is 11.5. The van der Waals surface area contributed by atoms with E-state index in [0.717, 1.165) is 8.90 Å². The summed E-state index contributed by atoms with van der Waals surface area (Å²) in [7, 11) is 0. The minimum atomic E-state index is -0.0785. The molecule has 0 bridgehead atoms. The van der Waals surface area contributed by atoms with Crippen LogP contribution in [0, 0.1) is 0 Å². The van der Waals surface area contributed by atoms with Crippen LogP contribution in [-0.4, -0.2) is 16.9 Å². The first-order valence-corrected chi connectivity index (χ1v) is 6.64. The first kappa shape index (κ1) is 12.3. The maximum atomic E-state index is 11.5. The quantitative estimate of drug-likeness (QED) is 0.625. The highest BCUT2D eigenvalue weighted by Gasteiger charge is 2.08. The van der Waals surface area contributed by atoms with E-state index in [9.17, 15) is 4.79 Å². The van der Waals surface area contributed by atoms with Gasteiger partial charge in [0.1, 0.15) is 0 Å². The van der Waals surface area contributed by atoms with E-state index in [1.54, 1.807) is 18.2 Å². The maximum absolute atomic E-state index is 11.5. The van der Waals surface area contributed by atoms with Gasteiger partial charge in [-0.15, -0.1) is 0 Å². The minimum absolute atomic E-state index is 0.0785. The van der Waals surface area contributed by atoms with Crippen LogP contribution >= 0.6 is 50.1 Å². The predicted molar refractivity (Wildman–Crippen MR) is 70.4 cm³/mol. The molecule has 0 spiro atoms. The van der Waals surface area contributed by atoms with Crippen molar-refractivity contribution in [3.05, 3.63) is 33.3 Å². The summed E-state index contributed by atoms with van der Waals surface area (Å²) in [5.41, 5.74) is 0.610. The predicted octanol–water partition coefficient (Wildman–Crippen LogP) is 3.27. The maximum Gasteiger partial charge on any atom is 0.252 e. The lowest BCUT2D eigenvalue weighted by atomic mass is 10.2. The van der Waals surface area contributed by atoms with Gasteiger partial charge in [0.05, 0.1) is 5.56 Å². The van der Waals surface area contributed by atoms with Gasteiger partial charge >= 0.3 is 0 Å². The first-order valence-electron chi connectivity index (χ1n) is 3.94. The van der Waals surface area contributed by atoms with Crippen LogP contribution < -0.4 is 5.32 Å². The molecule has 14 heavy (non-hydrogen) atoms. The van der Waals surface area contributed by atoms with Crippen LogP contribution in [0.15, 0.2) is 22.7 Å². The zero-order valence-corrected chi connectivity index (χ0v) is 11.7. The van der Waals surface area contributed by atoms with Gasteiger partial charge < -0.3 is 5.32 Å². The zero-order valence-electron chi connectivity index (χ0n) is 7.19. The molecule has 2 nitrogen and oxygen atoms in total. The molecule has 76 valence electrons. The van der Waals surface area contributed by atoms with E-state index < -0.39 is 0 Å². The van der Waals surface area contributed by atoms with Crippen LogP contribution in [0.5, 0.6) is 0 Å². The molecule has 1 amide bonds. The summed E-state index contributed by atoms with van der Waals surface area (Å²) in [5.74, 6) is -0.0785. The number of carbonyl (C=O) groups excluding carboxylic acids is 1. The van der Waals surface area contributed by atoms with Gasteiger partial charge in [0.25, 0.3) is 5.91 Å². The Kier molecular flexibility index (Phi) is 5.19. The Morgan fingerprint density at radius 2 is 2.29 bits per heavy atom. The number of hydrogen-bond acceptors (Lipinski definition) is 1. The molecular weight excluding hydrogens is 380 g/mol. The van der Waals surface area contributed by atoms with Crippen molar-refractivity contribution in [2.75, 3.05) is 11.0 Å². The Hall–Kier alpha value is 0.190. The van der Waals surface area contributed by atoms with Gasteiger partial charge in [0.15, 0.2) is 0 Å². The van der Waals surface area contributed by atoms with Crippen LogP contribution in [0.4, 0.5) is 0 Å². The Morgan fingerprint density at radius 1 is 1.57 bits per heavy atom. The summed E-state index contributed by atoms with van der Waals surface area (Å²) in [6.07, 6.45) is 0. The van der Waals surface area contributed by atoms with E-state index in [4.69, 9.17) is 11.6 Å². The molecule has 0 heterocycles. The molecule has 0 aliphatic heterocycles. The highest BCUT2D eigenvalue weighted by molar-refractivity contribution is 14.1. The van der Waals surface area contributed by atoms with Crippen molar-refractivity contribution in [1.29, 1.82) is 0 Å².